The zero-order valence-corrected chi connectivity index (χ0v) is 12.1. The van der Waals surface area contributed by atoms with E-state index in [0.29, 0.717) is 4.91 Å². The minimum Gasteiger partial charge on any atom is -0.478 e. The third kappa shape index (κ3) is 2.66. The summed E-state index contributed by atoms with van der Waals surface area (Å²) in [5.74, 6) is -1.32. The van der Waals surface area contributed by atoms with Crippen LogP contribution in [0.5, 0.6) is 0 Å². The Hall–Kier alpha value is -2.80. The minimum atomic E-state index is -0.970. The lowest BCUT2D eigenvalue weighted by Crippen LogP contribution is -2.01. The largest absolute Gasteiger partial charge is 0.478 e. The van der Waals surface area contributed by atoms with Crippen LogP contribution < -0.4 is 5.73 Å². The van der Waals surface area contributed by atoms with Crippen LogP contribution in [-0.4, -0.2) is 26.7 Å². The van der Waals surface area contributed by atoms with E-state index in [0.717, 1.165) is 23.1 Å². The van der Waals surface area contributed by atoms with Crippen molar-refractivity contribution in [2.24, 2.45) is 10.7 Å². The quantitative estimate of drug-likeness (QED) is 0.846. The standard InChI is InChI=1S/C15H11N3O3S/c16-15-17-13(19)12(22-15)8-11-2-1-7-18(11)10-5-3-9(4-6-10)14(20)21/h1-8H,(H,20,21)(H2,16,17,19). The molecule has 6 nitrogen and oxygen atoms in total. The van der Waals surface area contributed by atoms with Crippen molar-refractivity contribution in [1.82, 2.24) is 4.57 Å². The molecule has 2 heterocycles. The number of hydrogen-bond donors (Lipinski definition) is 2. The Bertz CT molecular complexity index is 819. The number of nitrogens with zero attached hydrogens (tertiary/aromatic N) is 2. The molecule has 1 aliphatic rings. The van der Waals surface area contributed by atoms with Gasteiger partial charge in [-0.25, -0.2) is 4.79 Å². The van der Waals surface area contributed by atoms with Gasteiger partial charge in [0.15, 0.2) is 5.17 Å². The first kappa shape index (κ1) is 14.2. The summed E-state index contributed by atoms with van der Waals surface area (Å²) in [6, 6.07) is 10.2. The van der Waals surface area contributed by atoms with Crippen molar-refractivity contribution in [3.8, 4) is 5.69 Å². The van der Waals surface area contributed by atoms with E-state index >= 15 is 0 Å². The summed E-state index contributed by atoms with van der Waals surface area (Å²) in [6.07, 6.45) is 3.54. The number of amidine groups is 1. The first-order valence-electron chi connectivity index (χ1n) is 6.34. The average molecular weight is 313 g/mol. The predicted octanol–water partition coefficient (Wildman–Crippen LogP) is 2.10. The maximum Gasteiger partial charge on any atom is 0.335 e. The van der Waals surface area contributed by atoms with Gasteiger partial charge in [0.05, 0.1) is 10.5 Å². The van der Waals surface area contributed by atoms with E-state index in [2.05, 4.69) is 4.99 Å². The molecule has 0 unspecified atom stereocenters. The molecule has 0 radical (unpaired) electrons. The van der Waals surface area contributed by atoms with Gasteiger partial charge in [0.2, 0.25) is 0 Å². The fraction of sp³-hybridized carbons (Fsp3) is 0. The highest BCUT2D eigenvalue weighted by Crippen LogP contribution is 2.27. The van der Waals surface area contributed by atoms with Crippen LogP contribution in [0.15, 0.2) is 52.5 Å². The molecule has 1 amide bonds. The van der Waals surface area contributed by atoms with E-state index in [-0.39, 0.29) is 16.6 Å². The summed E-state index contributed by atoms with van der Waals surface area (Å²) in [5, 5.41) is 9.16. The second kappa shape index (κ2) is 5.53. The van der Waals surface area contributed by atoms with Crippen LogP contribution in [0, 0.1) is 0 Å². The van der Waals surface area contributed by atoms with E-state index in [4.69, 9.17) is 10.8 Å². The number of thioether (sulfide) groups is 1. The molecule has 22 heavy (non-hydrogen) atoms. The lowest BCUT2D eigenvalue weighted by Gasteiger charge is -2.07. The third-order valence-corrected chi connectivity index (χ3v) is 3.90. The van der Waals surface area contributed by atoms with E-state index in [9.17, 15) is 9.59 Å². The molecule has 0 aliphatic carbocycles. The molecule has 1 aromatic heterocycles. The Balaban J connectivity index is 1.94. The van der Waals surface area contributed by atoms with E-state index in [1.807, 2.05) is 22.9 Å². The van der Waals surface area contributed by atoms with Crippen molar-refractivity contribution in [3.05, 3.63) is 58.8 Å². The highest BCUT2D eigenvalue weighted by molar-refractivity contribution is 8.18. The summed E-state index contributed by atoms with van der Waals surface area (Å²) < 4.78 is 1.85. The topological polar surface area (TPSA) is 97.7 Å². The Kier molecular flexibility index (Phi) is 3.56. The van der Waals surface area contributed by atoms with Crippen LogP contribution >= 0.6 is 11.8 Å². The van der Waals surface area contributed by atoms with Crippen LogP contribution in [0.4, 0.5) is 0 Å². The van der Waals surface area contributed by atoms with Gasteiger partial charge in [-0.2, -0.15) is 4.99 Å². The molecule has 0 atom stereocenters. The van der Waals surface area contributed by atoms with Gasteiger partial charge < -0.3 is 15.4 Å². The molecule has 0 saturated heterocycles. The van der Waals surface area contributed by atoms with E-state index in [1.165, 1.54) is 12.1 Å². The summed E-state index contributed by atoms with van der Waals surface area (Å²) in [5.41, 5.74) is 7.33. The normalized spacial score (nSPS) is 16.1. The van der Waals surface area contributed by atoms with Gasteiger partial charge in [-0.3, -0.25) is 4.79 Å². The Labute approximate surface area is 130 Å². The number of carboxylic acids is 1. The molecule has 1 aromatic carbocycles. The molecule has 7 heteroatoms. The zero-order valence-electron chi connectivity index (χ0n) is 11.3. The maximum atomic E-state index is 11.6. The highest BCUT2D eigenvalue weighted by Gasteiger charge is 2.20. The van der Waals surface area contributed by atoms with E-state index in [1.54, 1.807) is 18.2 Å². The van der Waals surface area contributed by atoms with Crippen LogP contribution in [0.25, 0.3) is 11.8 Å². The number of benzene rings is 1. The molecule has 0 spiro atoms. The molecule has 3 N–H and O–H groups in total. The Morgan fingerprint density at radius 3 is 2.59 bits per heavy atom. The number of carbonyl (C=O) groups is 2. The molecule has 2 aromatic rings. The van der Waals surface area contributed by atoms with Gasteiger partial charge in [0.1, 0.15) is 0 Å². The fourth-order valence-corrected chi connectivity index (χ4v) is 2.74. The van der Waals surface area contributed by atoms with Crippen molar-refractivity contribution < 1.29 is 14.7 Å². The van der Waals surface area contributed by atoms with Crippen molar-refractivity contribution in [2.45, 2.75) is 0 Å². The van der Waals surface area contributed by atoms with Crippen LogP contribution in [0.1, 0.15) is 16.1 Å². The summed E-state index contributed by atoms with van der Waals surface area (Å²) in [4.78, 5) is 26.6. The second-order valence-corrected chi connectivity index (χ2v) is 5.58. The van der Waals surface area contributed by atoms with Gasteiger partial charge in [0.25, 0.3) is 5.91 Å². The van der Waals surface area contributed by atoms with Gasteiger partial charge in [-0.1, -0.05) is 0 Å². The van der Waals surface area contributed by atoms with Gasteiger partial charge in [-0.15, -0.1) is 0 Å². The first-order chi connectivity index (χ1) is 10.5. The molecular weight excluding hydrogens is 302 g/mol. The lowest BCUT2D eigenvalue weighted by atomic mass is 10.2. The van der Waals surface area contributed by atoms with Crippen LogP contribution in [0.3, 0.4) is 0 Å². The predicted molar refractivity (Wildman–Crippen MR) is 84.9 cm³/mol. The number of hydrogen-bond acceptors (Lipinski definition) is 4. The molecule has 0 fully saturated rings. The number of carboxylic acid groups (broad SMARTS) is 1. The molecule has 1 aliphatic heterocycles. The molecule has 0 saturated carbocycles. The summed E-state index contributed by atoms with van der Waals surface area (Å²) >= 11 is 1.13. The lowest BCUT2D eigenvalue weighted by molar-refractivity contribution is -0.113. The minimum absolute atomic E-state index is 0.221. The Morgan fingerprint density at radius 1 is 1.27 bits per heavy atom. The number of amides is 1. The van der Waals surface area contributed by atoms with Crippen molar-refractivity contribution in [1.29, 1.82) is 0 Å². The third-order valence-electron chi connectivity index (χ3n) is 3.09. The van der Waals surface area contributed by atoms with Crippen LogP contribution in [-0.2, 0) is 4.79 Å². The average Bonchev–Trinajstić information content (AvgIpc) is 3.06. The smallest absolute Gasteiger partial charge is 0.335 e. The SMILES string of the molecule is NC1=NC(=O)C(=Cc2cccn2-c2ccc(C(=O)O)cc2)S1. The number of aromatic carboxylic acids is 1. The zero-order chi connectivity index (χ0) is 15.7. The number of aliphatic imine (C=N–C) groups is 1. The number of rotatable bonds is 3. The molecule has 3 rings (SSSR count). The molecular formula is C15H11N3O3S. The van der Waals surface area contributed by atoms with Gasteiger partial charge >= 0.3 is 5.97 Å². The number of nitrogens with two attached hydrogens (primary N) is 1. The molecule has 110 valence electrons. The number of carbonyl (C=O) groups excluding carboxylic acids is 1. The van der Waals surface area contributed by atoms with Crippen molar-refractivity contribution in [3.63, 3.8) is 0 Å². The second-order valence-electron chi connectivity index (χ2n) is 4.52. The van der Waals surface area contributed by atoms with Crippen molar-refractivity contribution in [2.75, 3.05) is 0 Å². The highest BCUT2D eigenvalue weighted by atomic mass is 32.2. The summed E-state index contributed by atoms with van der Waals surface area (Å²) in [6.45, 7) is 0. The summed E-state index contributed by atoms with van der Waals surface area (Å²) in [7, 11) is 0. The van der Waals surface area contributed by atoms with Gasteiger partial charge in [0, 0.05) is 17.6 Å². The van der Waals surface area contributed by atoms with Crippen LogP contribution in [0.2, 0.25) is 0 Å². The van der Waals surface area contributed by atoms with E-state index < -0.39 is 5.97 Å². The number of aromatic nitrogens is 1. The van der Waals surface area contributed by atoms with Gasteiger partial charge in [-0.05, 0) is 54.2 Å². The Morgan fingerprint density at radius 2 is 2.00 bits per heavy atom. The molecule has 0 bridgehead atoms. The maximum absolute atomic E-state index is 11.6. The fourth-order valence-electron chi connectivity index (χ4n) is 2.07. The monoisotopic (exact) mass is 313 g/mol. The first-order valence-corrected chi connectivity index (χ1v) is 7.15. The van der Waals surface area contributed by atoms with Crippen molar-refractivity contribution >= 4 is 34.9 Å².